The Kier molecular flexibility index (Phi) is 2.79. The van der Waals surface area contributed by atoms with Gasteiger partial charge in [-0.15, -0.1) is 0 Å². The van der Waals surface area contributed by atoms with Crippen molar-refractivity contribution < 1.29 is 9.47 Å². The third-order valence-corrected chi connectivity index (χ3v) is 3.24. The van der Waals surface area contributed by atoms with Crippen LogP contribution in [0.15, 0.2) is 18.2 Å². The highest BCUT2D eigenvalue weighted by molar-refractivity contribution is 7.71. The first-order valence-electron chi connectivity index (χ1n) is 5.80. The minimum Gasteiger partial charge on any atom is -0.454 e. The molecule has 0 saturated heterocycles. The number of hydrogen-bond acceptors (Lipinski definition) is 4. The maximum atomic E-state index is 5.36. The summed E-state index contributed by atoms with van der Waals surface area (Å²) in [5.74, 6) is 2.54. The molecule has 0 unspecified atom stereocenters. The lowest BCUT2D eigenvalue weighted by Crippen LogP contribution is -2.04. The molecule has 0 spiro atoms. The van der Waals surface area contributed by atoms with Crippen LogP contribution in [0.1, 0.15) is 18.3 Å². The first-order valence-corrected chi connectivity index (χ1v) is 6.21. The Bertz CT molecular complexity index is 632. The van der Waals surface area contributed by atoms with E-state index in [0.717, 1.165) is 29.3 Å². The van der Waals surface area contributed by atoms with Crippen LogP contribution in [-0.4, -0.2) is 21.6 Å². The molecule has 5 nitrogen and oxygen atoms in total. The summed E-state index contributed by atoms with van der Waals surface area (Å²) in [7, 11) is 0. The van der Waals surface area contributed by atoms with Crippen molar-refractivity contribution in [2.24, 2.45) is 0 Å². The van der Waals surface area contributed by atoms with Crippen molar-refractivity contribution in [1.29, 1.82) is 0 Å². The molecule has 3 rings (SSSR count). The van der Waals surface area contributed by atoms with E-state index in [-0.39, 0.29) is 0 Å². The van der Waals surface area contributed by atoms with Crippen molar-refractivity contribution in [2.45, 2.75) is 19.9 Å². The lowest BCUT2D eigenvalue weighted by atomic mass is 10.2. The van der Waals surface area contributed by atoms with Crippen LogP contribution in [0.25, 0.3) is 0 Å². The van der Waals surface area contributed by atoms with Gasteiger partial charge >= 0.3 is 0 Å². The number of nitrogens with one attached hydrogen (secondary N) is 1. The van der Waals surface area contributed by atoms with E-state index in [1.807, 2.05) is 22.8 Å². The average Bonchev–Trinajstić information content (AvgIpc) is 2.97. The Morgan fingerprint density at radius 3 is 3.06 bits per heavy atom. The van der Waals surface area contributed by atoms with E-state index in [4.69, 9.17) is 21.7 Å². The minimum atomic E-state index is 0.296. The average molecular weight is 263 g/mol. The fraction of sp³-hybridized carbons (Fsp3) is 0.333. The molecule has 1 aromatic carbocycles. The van der Waals surface area contributed by atoms with Gasteiger partial charge in [-0.2, -0.15) is 5.10 Å². The fourth-order valence-corrected chi connectivity index (χ4v) is 2.22. The molecular weight excluding hydrogens is 250 g/mol. The number of aromatic nitrogens is 3. The number of benzene rings is 1. The standard InChI is InChI=1S/C12H13N3O2S/c1-2-11-13-14-12(18)15(11)6-8-3-4-9-10(5-8)17-7-16-9/h3-5H,2,6-7H2,1H3,(H,14,18). The summed E-state index contributed by atoms with van der Waals surface area (Å²) in [6, 6.07) is 5.92. The summed E-state index contributed by atoms with van der Waals surface area (Å²) in [4.78, 5) is 0. The van der Waals surface area contributed by atoms with E-state index in [1.54, 1.807) is 0 Å². The summed E-state index contributed by atoms with van der Waals surface area (Å²) in [5.41, 5.74) is 1.12. The van der Waals surface area contributed by atoms with Crippen molar-refractivity contribution in [1.82, 2.24) is 14.8 Å². The van der Waals surface area contributed by atoms with Crippen LogP contribution >= 0.6 is 12.2 Å². The van der Waals surface area contributed by atoms with Gasteiger partial charge in [0.15, 0.2) is 16.3 Å². The van der Waals surface area contributed by atoms with Gasteiger partial charge in [-0.3, -0.25) is 9.67 Å². The van der Waals surface area contributed by atoms with E-state index in [2.05, 4.69) is 17.1 Å². The zero-order valence-corrected chi connectivity index (χ0v) is 10.8. The molecule has 0 saturated carbocycles. The normalized spacial score (nSPS) is 12.9. The van der Waals surface area contributed by atoms with E-state index in [1.165, 1.54) is 0 Å². The third-order valence-electron chi connectivity index (χ3n) is 2.93. The van der Waals surface area contributed by atoms with Crippen LogP contribution in [0.5, 0.6) is 11.5 Å². The zero-order chi connectivity index (χ0) is 12.5. The molecule has 0 fully saturated rings. The number of rotatable bonds is 3. The van der Waals surface area contributed by atoms with Gasteiger partial charge in [0.05, 0.1) is 6.54 Å². The highest BCUT2D eigenvalue weighted by Gasteiger charge is 2.14. The summed E-state index contributed by atoms with van der Waals surface area (Å²) in [6.45, 7) is 3.04. The van der Waals surface area contributed by atoms with Crippen LogP contribution < -0.4 is 9.47 Å². The Hall–Kier alpha value is -1.82. The quantitative estimate of drug-likeness (QED) is 0.863. The third kappa shape index (κ3) is 1.88. The highest BCUT2D eigenvalue weighted by atomic mass is 32.1. The molecule has 0 bridgehead atoms. The fourth-order valence-electron chi connectivity index (χ4n) is 2.01. The molecule has 1 aromatic heterocycles. The van der Waals surface area contributed by atoms with Crippen LogP contribution in [-0.2, 0) is 13.0 Å². The van der Waals surface area contributed by atoms with Gasteiger partial charge in [-0.05, 0) is 29.9 Å². The molecular formula is C12H13N3O2S. The maximum absolute atomic E-state index is 5.36. The van der Waals surface area contributed by atoms with Crippen LogP contribution in [0.2, 0.25) is 0 Å². The molecule has 2 heterocycles. The first kappa shape index (κ1) is 11.3. The number of aromatic amines is 1. The van der Waals surface area contributed by atoms with Gasteiger partial charge in [-0.25, -0.2) is 0 Å². The molecule has 0 atom stereocenters. The number of ether oxygens (including phenoxy) is 2. The molecule has 0 amide bonds. The molecule has 1 aliphatic rings. The molecule has 0 radical (unpaired) electrons. The van der Waals surface area contributed by atoms with Gasteiger partial charge in [0.2, 0.25) is 6.79 Å². The SMILES string of the molecule is CCc1n[nH]c(=S)n1Cc1ccc2c(c1)OCO2. The number of fused-ring (bicyclic) bond motifs is 1. The second-order valence-electron chi connectivity index (χ2n) is 4.07. The first-order chi connectivity index (χ1) is 8.78. The molecule has 0 aliphatic carbocycles. The number of hydrogen-bond donors (Lipinski definition) is 1. The lowest BCUT2D eigenvalue weighted by molar-refractivity contribution is 0.174. The van der Waals surface area contributed by atoms with Crippen molar-refractivity contribution in [3.05, 3.63) is 34.4 Å². The van der Waals surface area contributed by atoms with Gasteiger partial charge < -0.3 is 9.47 Å². The summed E-state index contributed by atoms with van der Waals surface area (Å²) in [6.07, 6.45) is 0.845. The summed E-state index contributed by atoms with van der Waals surface area (Å²) in [5, 5.41) is 7.01. The van der Waals surface area contributed by atoms with Gasteiger partial charge in [0, 0.05) is 6.42 Å². The predicted octanol–water partition coefficient (Wildman–Crippen LogP) is 2.28. The second kappa shape index (κ2) is 4.45. The van der Waals surface area contributed by atoms with Gasteiger partial charge in [-0.1, -0.05) is 13.0 Å². The van der Waals surface area contributed by atoms with Crippen LogP contribution in [0.4, 0.5) is 0 Å². The topological polar surface area (TPSA) is 52.1 Å². The molecule has 18 heavy (non-hydrogen) atoms. The minimum absolute atomic E-state index is 0.296. The zero-order valence-electron chi connectivity index (χ0n) is 9.97. The van der Waals surface area contributed by atoms with E-state index in [0.29, 0.717) is 18.1 Å². The number of aryl methyl sites for hydroxylation is 1. The second-order valence-corrected chi connectivity index (χ2v) is 4.46. The smallest absolute Gasteiger partial charge is 0.231 e. The van der Waals surface area contributed by atoms with Crippen molar-refractivity contribution in [3.8, 4) is 11.5 Å². The summed E-state index contributed by atoms with van der Waals surface area (Å²) >= 11 is 5.23. The van der Waals surface area contributed by atoms with E-state index >= 15 is 0 Å². The Balaban J connectivity index is 1.92. The predicted molar refractivity (Wildman–Crippen MR) is 68.5 cm³/mol. The Labute approximate surface area is 109 Å². The van der Waals surface area contributed by atoms with Crippen molar-refractivity contribution >= 4 is 12.2 Å². The lowest BCUT2D eigenvalue weighted by Gasteiger charge is -2.06. The number of nitrogens with zero attached hydrogens (tertiary/aromatic N) is 2. The molecule has 6 heteroatoms. The van der Waals surface area contributed by atoms with Crippen LogP contribution in [0.3, 0.4) is 0 Å². The molecule has 2 aromatic rings. The molecule has 1 aliphatic heterocycles. The van der Waals surface area contributed by atoms with E-state index in [9.17, 15) is 0 Å². The van der Waals surface area contributed by atoms with Crippen molar-refractivity contribution in [2.75, 3.05) is 6.79 Å². The molecule has 1 N–H and O–H groups in total. The van der Waals surface area contributed by atoms with Gasteiger partial charge in [0.1, 0.15) is 5.82 Å². The highest BCUT2D eigenvalue weighted by Crippen LogP contribution is 2.32. The van der Waals surface area contributed by atoms with E-state index < -0.39 is 0 Å². The van der Waals surface area contributed by atoms with Crippen LogP contribution in [0, 0.1) is 4.77 Å². The monoisotopic (exact) mass is 263 g/mol. The maximum Gasteiger partial charge on any atom is 0.231 e. The Morgan fingerprint density at radius 2 is 2.22 bits per heavy atom. The number of H-pyrrole nitrogens is 1. The largest absolute Gasteiger partial charge is 0.454 e. The van der Waals surface area contributed by atoms with Crippen molar-refractivity contribution in [3.63, 3.8) is 0 Å². The molecule has 94 valence electrons. The summed E-state index contributed by atoms with van der Waals surface area (Å²) < 4.78 is 13.3. The Morgan fingerprint density at radius 1 is 1.39 bits per heavy atom. The van der Waals surface area contributed by atoms with Gasteiger partial charge in [0.25, 0.3) is 0 Å².